The fraction of sp³-hybridized carbons (Fsp3) is 0.235. The first-order chi connectivity index (χ1) is 9.06. The average Bonchev–Trinajstić information content (AvgIpc) is 2.38. The van der Waals surface area contributed by atoms with Gasteiger partial charge in [-0.1, -0.05) is 36.4 Å². The molecule has 0 spiro atoms. The highest BCUT2D eigenvalue weighted by atomic mass is 16.5. The van der Waals surface area contributed by atoms with Gasteiger partial charge in [-0.15, -0.1) is 0 Å². The Morgan fingerprint density at radius 2 is 1.68 bits per heavy atom. The summed E-state index contributed by atoms with van der Waals surface area (Å²) in [5, 5.41) is 0. The van der Waals surface area contributed by atoms with E-state index in [4.69, 9.17) is 4.74 Å². The van der Waals surface area contributed by atoms with Crippen LogP contribution in [-0.2, 0) is 0 Å². The second-order valence-corrected chi connectivity index (χ2v) is 4.83. The van der Waals surface area contributed by atoms with Crippen LogP contribution in [0.5, 0.6) is 5.75 Å². The molecule has 0 radical (unpaired) electrons. The maximum atomic E-state index is 11.2. The lowest BCUT2D eigenvalue weighted by atomic mass is 10.0. The zero-order valence-corrected chi connectivity index (χ0v) is 11.5. The van der Waals surface area contributed by atoms with Gasteiger partial charge in [0.1, 0.15) is 5.75 Å². The summed E-state index contributed by atoms with van der Waals surface area (Å²) in [6.07, 6.45) is 0.162. The number of Topliss-reactive ketones (excluding diaryl/α,β-unsaturated/α-hetero) is 1. The van der Waals surface area contributed by atoms with E-state index in [1.807, 2.05) is 62.4 Å². The van der Waals surface area contributed by atoms with Gasteiger partial charge >= 0.3 is 0 Å². The third-order valence-electron chi connectivity index (χ3n) is 2.83. The van der Waals surface area contributed by atoms with E-state index in [0.29, 0.717) is 0 Å². The van der Waals surface area contributed by atoms with Crippen molar-refractivity contribution in [2.24, 2.45) is 0 Å². The van der Waals surface area contributed by atoms with Crippen LogP contribution in [0.15, 0.2) is 48.5 Å². The van der Waals surface area contributed by atoms with Gasteiger partial charge in [0.25, 0.3) is 0 Å². The molecule has 2 aromatic carbocycles. The Hall–Kier alpha value is -2.09. The summed E-state index contributed by atoms with van der Waals surface area (Å²) >= 11 is 0. The van der Waals surface area contributed by atoms with E-state index < -0.39 is 0 Å². The molecule has 19 heavy (non-hydrogen) atoms. The highest BCUT2D eigenvalue weighted by molar-refractivity contribution is 5.94. The van der Waals surface area contributed by atoms with Crippen LogP contribution in [0, 0.1) is 0 Å². The molecule has 0 fully saturated rings. The Morgan fingerprint density at radius 3 is 2.26 bits per heavy atom. The van der Waals surface area contributed by atoms with Crippen LogP contribution in [0.1, 0.15) is 31.1 Å². The van der Waals surface area contributed by atoms with E-state index >= 15 is 0 Å². The van der Waals surface area contributed by atoms with Crippen molar-refractivity contribution >= 4 is 5.78 Å². The fourth-order valence-electron chi connectivity index (χ4n) is 1.92. The first-order valence-electron chi connectivity index (χ1n) is 6.44. The number of rotatable bonds is 4. The standard InChI is InChI=1S/C17H18O2/c1-12(2)19-17-6-4-5-16(11-17)15-9-7-14(8-10-15)13(3)18/h4-12H,1-3H3. The summed E-state index contributed by atoms with van der Waals surface area (Å²) < 4.78 is 5.68. The molecule has 2 aromatic rings. The van der Waals surface area contributed by atoms with Crippen molar-refractivity contribution in [1.82, 2.24) is 0 Å². The Bertz CT molecular complexity index is 568. The molecule has 0 N–H and O–H groups in total. The second kappa shape index (κ2) is 5.70. The lowest BCUT2D eigenvalue weighted by molar-refractivity contribution is 0.101. The molecule has 0 aromatic heterocycles. The Kier molecular flexibility index (Phi) is 4.00. The van der Waals surface area contributed by atoms with E-state index in [-0.39, 0.29) is 11.9 Å². The number of carbonyl (C=O) groups is 1. The molecule has 0 atom stereocenters. The van der Waals surface area contributed by atoms with Crippen LogP contribution in [0.25, 0.3) is 11.1 Å². The molecule has 2 heteroatoms. The Labute approximate surface area is 114 Å². The van der Waals surface area contributed by atoms with Gasteiger partial charge in [-0.3, -0.25) is 4.79 Å². The number of benzene rings is 2. The molecular weight excluding hydrogens is 236 g/mol. The lowest BCUT2D eigenvalue weighted by Crippen LogP contribution is -2.05. The minimum Gasteiger partial charge on any atom is -0.491 e. The zero-order valence-electron chi connectivity index (χ0n) is 11.5. The van der Waals surface area contributed by atoms with Gasteiger partial charge in [0, 0.05) is 5.56 Å². The van der Waals surface area contributed by atoms with E-state index in [2.05, 4.69) is 0 Å². The Morgan fingerprint density at radius 1 is 1.00 bits per heavy atom. The maximum Gasteiger partial charge on any atom is 0.159 e. The van der Waals surface area contributed by atoms with E-state index in [1.165, 1.54) is 0 Å². The summed E-state index contributed by atoms with van der Waals surface area (Å²) in [6.45, 7) is 5.59. The molecule has 0 bridgehead atoms. The topological polar surface area (TPSA) is 26.3 Å². The molecule has 0 unspecified atom stereocenters. The van der Waals surface area contributed by atoms with Crippen LogP contribution in [0.4, 0.5) is 0 Å². The summed E-state index contributed by atoms with van der Waals surface area (Å²) in [5.41, 5.74) is 2.91. The first-order valence-corrected chi connectivity index (χ1v) is 6.44. The molecular formula is C17H18O2. The van der Waals surface area contributed by atoms with Gasteiger partial charge in [0.2, 0.25) is 0 Å². The van der Waals surface area contributed by atoms with Crippen molar-refractivity contribution in [1.29, 1.82) is 0 Å². The second-order valence-electron chi connectivity index (χ2n) is 4.83. The first kappa shape index (κ1) is 13.3. The zero-order chi connectivity index (χ0) is 13.8. The smallest absolute Gasteiger partial charge is 0.159 e. The van der Waals surface area contributed by atoms with Gasteiger partial charge in [0.05, 0.1) is 6.10 Å². The molecule has 0 aliphatic rings. The van der Waals surface area contributed by atoms with Gasteiger partial charge in [-0.25, -0.2) is 0 Å². The number of hydrogen-bond donors (Lipinski definition) is 0. The van der Waals surface area contributed by atoms with Gasteiger partial charge in [-0.05, 0) is 44.0 Å². The van der Waals surface area contributed by atoms with Crippen molar-refractivity contribution in [3.8, 4) is 16.9 Å². The quantitative estimate of drug-likeness (QED) is 0.758. The monoisotopic (exact) mass is 254 g/mol. The molecule has 0 amide bonds. The minimum atomic E-state index is 0.0865. The maximum absolute atomic E-state index is 11.2. The predicted octanol–water partition coefficient (Wildman–Crippen LogP) is 4.34. The number of carbonyl (C=O) groups excluding carboxylic acids is 1. The molecule has 0 aliphatic carbocycles. The van der Waals surface area contributed by atoms with E-state index in [1.54, 1.807) is 6.92 Å². The molecule has 2 nitrogen and oxygen atoms in total. The van der Waals surface area contributed by atoms with Crippen molar-refractivity contribution in [3.05, 3.63) is 54.1 Å². The van der Waals surface area contributed by atoms with Gasteiger partial charge < -0.3 is 4.74 Å². The normalized spacial score (nSPS) is 10.5. The van der Waals surface area contributed by atoms with Gasteiger partial charge in [-0.2, -0.15) is 0 Å². The number of ether oxygens (including phenoxy) is 1. The van der Waals surface area contributed by atoms with Crippen molar-refractivity contribution in [2.75, 3.05) is 0 Å². The van der Waals surface area contributed by atoms with E-state index in [0.717, 1.165) is 22.4 Å². The molecule has 0 aliphatic heterocycles. The number of ketones is 1. The SMILES string of the molecule is CC(=O)c1ccc(-c2cccc(OC(C)C)c2)cc1. The van der Waals surface area contributed by atoms with Crippen LogP contribution >= 0.6 is 0 Å². The van der Waals surface area contributed by atoms with Crippen LogP contribution < -0.4 is 4.74 Å². The number of hydrogen-bond acceptors (Lipinski definition) is 2. The Balaban J connectivity index is 2.28. The summed E-state index contributed by atoms with van der Waals surface area (Å²) in [6, 6.07) is 15.6. The van der Waals surface area contributed by atoms with Crippen molar-refractivity contribution < 1.29 is 9.53 Å². The van der Waals surface area contributed by atoms with Crippen LogP contribution in [0.2, 0.25) is 0 Å². The molecule has 2 rings (SSSR count). The molecule has 98 valence electrons. The van der Waals surface area contributed by atoms with Crippen molar-refractivity contribution in [2.45, 2.75) is 26.9 Å². The predicted molar refractivity (Wildman–Crippen MR) is 77.6 cm³/mol. The minimum absolute atomic E-state index is 0.0865. The van der Waals surface area contributed by atoms with Crippen molar-refractivity contribution in [3.63, 3.8) is 0 Å². The highest BCUT2D eigenvalue weighted by Crippen LogP contribution is 2.24. The lowest BCUT2D eigenvalue weighted by Gasteiger charge is -2.11. The molecule has 0 heterocycles. The van der Waals surface area contributed by atoms with Crippen LogP contribution in [-0.4, -0.2) is 11.9 Å². The average molecular weight is 254 g/mol. The third-order valence-corrected chi connectivity index (χ3v) is 2.83. The van der Waals surface area contributed by atoms with Crippen LogP contribution in [0.3, 0.4) is 0 Å². The summed E-state index contributed by atoms with van der Waals surface area (Å²) in [7, 11) is 0. The fourth-order valence-corrected chi connectivity index (χ4v) is 1.92. The third kappa shape index (κ3) is 3.44. The summed E-state index contributed by atoms with van der Waals surface area (Å²) in [5.74, 6) is 0.951. The molecule has 0 saturated heterocycles. The molecule has 0 saturated carbocycles. The van der Waals surface area contributed by atoms with E-state index in [9.17, 15) is 4.79 Å². The summed E-state index contributed by atoms with van der Waals surface area (Å²) in [4.78, 5) is 11.2. The highest BCUT2D eigenvalue weighted by Gasteiger charge is 2.03. The van der Waals surface area contributed by atoms with Gasteiger partial charge in [0.15, 0.2) is 5.78 Å². The largest absolute Gasteiger partial charge is 0.491 e.